The third kappa shape index (κ3) is 1.60. The maximum atomic E-state index is 8.95. The molecule has 15 heavy (non-hydrogen) atoms. The van der Waals surface area contributed by atoms with Crippen LogP contribution in [0.4, 0.5) is 0 Å². The van der Waals surface area contributed by atoms with E-state index in [2.05, 4.69) is 11.1 Å². The molecule has 0 spiro atoms. The molecule has 0 unspecified atom stereocenters. The summed E-state index contributed by atoms with van der Waals surface area (Å²) < 4.78 is 0. The molecule has 0 fully saturated rings. The first-order valence-corrected chi connectivity index (χ1v) is 4.97. The molecule has 0 saturated carbocycles. The van der Waals surface area contributed by atoms with Crippen molar-refractivity contribution in [2.24, 2.45) is 5.73 Å². The lowest BCUT2D eigenvalue weighted by atomic mass is 10.0. The van der Waals surface area contributed by atoms with Crippen LogP contribution in [-0.4, -0.2) is 11.5 Å². The number of aromatic amines is 1. The predicted molar refractivity (Wildman–Crippen MR) is 60.5 cm³/mol. The molecule has 3 heteroatoms. The molecule has 3 nitrogen and oxygen atoms in total. The second-order valence-corrected chi connectivity index (χ2v) is 3.68. The van der Waals surface area contributed by atoms with Gasteiger partial charge in [-0.2, -0.15) is 5.26 Å². The standard InChI is InChI=1S/C12H13N3/c1-8-4-12-11(5-10(8)6-14)9(2-3-13)7-15-12/h4-5,7,15H,2-3,13H2,1H3. The summed E-state index contributed by atoms with van der Waals surface area (Å²) in [7, 11) is 0. The van der Waals surface area contributed by atoms with Gasteiger partial charge in [0.15, 0.2) is 0 Å². The Morgan fingerprint density at radius 1 is 1.47 bits per heavy atom. The first-order valence-electron chi connectivity index (χ1n) is 4.97. The second-order valence-electron chi connectivity index (χ2n) is 3.68. The molecule has 0 aliphatic carbocycles. The molecular weight excluding hydrogens is 186 g/mol. The lowest BCUT2D eigenvalue weighted by Crippen LogP contribution is -2.01. The molecule has 0 aliphatic rings. The molecule has 2 aromatic rings. The molecule has 0 radical (unpaired) electrons. The van der Waals surface area contributed by atoms with Crippen molar-refractivity contribution in [3.05, 3.63) is 35.0 Å². The fourth-order valence-electron chi connectivity index (χ4n) is 1.82. The molecule has 0 aliphatic heterocycles. The van der Waals surface area contributed by atoms with Gasteiger partial charge in [0.2, 0.25) is 0 Å². The highest BCUT2D eigenvalue weighted by Crippen LogP contribution is 2.22. The van der Waals surface area contributed by atoms with Crippen LogP contribution in [-0.2, 0) is 6.42 Å². The molecule has 3 N–H and O–H groups in total. The summed E-state index contributed by atoms with van der Waals surface area (Å²) in [4.78, 5) is 3.20. The summed E-state index contributed by atoms with van der Waals surface area (Å²) in [6.07, 6.45) is 2.81. The van der Waals surface area contributed by atoms with E-state index in [9.17, 15) is 0 Å². The molecule has 0 amide bonds. The number of nitrogens with zero attached hydrogens (tertiary/aromatic N) is 1. The predicted octanol–water partition coefficient (Wildman–Crippen LogP) is 1.85. The van der Waals surface area contributed by atoms with Gasteiger partial charge >= 0.3 is 0 Å². The number of benzene rings is 1. The lowest BCUT2D eigenvalue weighted by molar-refractivity contribution is 0.976. The smallest absolute Gasteiger partial charge is 0.0994 e. The van der Waals surface area contributed by atoms with Gasteiger partial charge in [0, 0.05) is 17.1 Å². The number of aryl methyl sites for hydroxylation is 1. The first-order chi connectivity index (χ1) is 7.26. The van der Waals surface area contributed by atoms with Crippen LogP contribution in [0.2, 0.25) is 0 Å². The van der Waals surface area contributed by atoms with Crippen molar-refractivity contribution in [3.63, 3.8) is 0 Å². The van der Waals surface area contributed by atoms with Crippen molar-refractivity contribution in [2.45, 2.75) is 13.3 Å². The fourth-order valence-corrected chi connectivity index (χ4v) is 1.82. The average molecular weight is 199 g/mol. The Morgan fingerprint density at radius 3 is 2.93 bits per heavy atom. The van der Waals surface area contributed by atoms with Crippen LogP contribution in [0.5, 0.6) is 0 Å². The van der Waals surface area contributed by atoms with E-state index in [-0.39, 0.29) is 0 Å². The maximum absolute atomic E-state index is 8.95. The Bertz CT molecular complexity index is 532. The molecule has 0 saturated heterocycles. The second kappa shape index (κ2) is 3.76. The number of nitrogens with one attached hydrogen (secondary N) is 1. The zero-order valence-electron chi connectivity index (χ0n) is 8.67. The number of hydrogen-bond acceptors (Lipinski definition) is 2. The van der Waals surface area contributed by atoms with Crippen LogP contribution in [0.15, 0.2) is 18.3 Å². The number of aromatic nitrogens is 1. The van der Waals surface area contributed by atoms with E-state index in [0.29, 0.717) is 6.54 Å². The van der Waals surface area contributed by atoms with Gasteiger partial charge in [-0.3, -0.25) is 0 Å². The zero-order chi connectivity index (χ0) is 10.8. The van der Waals surface area contributed by atoms with Crippen LogP contribution in [0, 0.1) is 18.3 Å². The molecule has 1 aromatic carbocycles. The maximum Gasteiger partial charge on any atom is 0.0994 e. The van der Waals surface area contributed by atoms with Crippen molar-refractivity contribution in [1.29, 1.82) is 5.26 Å². The monoisotopic (exact) mass is 199 g/mol. The number of nitriles is 1. The van der Waals surface area contributed by atoms with Gasteiger partial charge in [-0.15, -0.1) is 0 Å². The Balaban J connectivity index is 2.65. The lowest BCUT2D eigenvalue weighted by Gasteiger charge is -1.99. The van der Waals surface area contributed by atoms with Crippen LogP contribution in [0.3, 0.4) is 0 Å². The summed E-state index contributed by atoms with van der Waals surface area (Å²) in [5, 5.41) is 10.1. The molecule has 2 rings (SSSR count). The van der Waals surface area contributed by atoms with Gasteiger partial charge in [-0.1, -0.05) is 0 Å². The largest absolute Gasteiger partial charge is 0.361 e. The summed E-state index contributed by atoms with van der Waals surface area (Å²) in [5.41, 5.74) is 9.54. The third-order valence-corrected chi connectivity index (χ3v) is 2.65. The quantitative estimate of drug-likeness (QED) is 0.775. The highest BCUT2D eigenvalue weighted by molar-refractivity contribution is 5.85. The minimum absolute atomic E-state index is 0.628. The van der Waals surface area contributed by atoms with Gasteiger partial charge in [-0.05, 0) is 43.1 Å². The average Bonchev–Trinajstić information content (AvgIpc) is 2.60. The fraction of sp³-hybridized carbons (Fsp3) is 0.250. The highest BCUT2D eigenvalue weighted by Gasteiger charge is 2.06. The van der Waals surface area contributed by atoms with Gasteiger partial charge in [0.25, 0.3) is 0 Å². The Kier molecular flexibility index (Phi) is 2.44. The van der Waals surface area contributed by atoms with E-state index in [1.165, 1.54) is 5.56 Å². The van der Waals surface area contributed by atoms with E-state index in [1.807, 2.05) is 25.3 Å². The molecule has 0 bridgehead atoms. The van der Waals surface area contributed by atoms with Crippen LogP contribution in [0.1, 0.15) is 16.7 Å². The van der Waals surface area contributed by atoms with E-state index in [0.717, 1.165) is 28.5 Å². The molecule has 1 aromatic heterocycles. The summed E-state index contributed by atoms with van der Waals surface area (Å²) in [6, 6.07) is 6.15. The minimum atomic E-state index is 0.628. The molecule has 0 atom stereocenters. The molecule has 76 valence electrons. The molecule has 1 heterocycles. The van der Waals surface area contributed by atoms with Gasteiger partial charge in [0.1, 0.15) is 0 Å². The number of nitrogens with two attached hydrogens (primary N) is 1. The van der Waals surface area contributed by atoms with Crippen LogP contribution in [0.25, 0.3) is 10.9 Å². The Labute approximate surface area is 88.5 Å². The highest BCUT2D eigenvalue weighted by atomic mass is 14.7. The Morgan fingerprint density at radius 2 is 2.27 bits per heavy atom. The van der Waals surface area contributed by atoms with Gasteiger partial charge in [0.05, 0.1) is 11.6 Å². The number of fused-ring (bicyclic) bond motifs is 1. The Hall–Kier alpha value is -1.79. The summed E-state index contributed by atoms with van der Waals surface area (Å²) >= 11 is 0. The zero-order valence-corrected chi connectivity index (χ0v) is 8.67. The SMILES string of the molecule is Cc1cc2[nH]cc(CCN)c2cc1C#N. The van der Waals surface area contributed by atoms with E-state index < -0.39 is 0 Å². The van der Waals surface area contributed by atoms with E-state index >= 15 is 0 Å². The number of rotatable bonds is 2. The normalized spacial score (nSPS) is 10.5. The summed E-state index contributed by atoms with van der Waals surface area (Å²) in [5.74, 6) is 0. The third-order valence-electron chi connectivity index (χ3n) is 2.65. The van der Waals surface area contributed by atoms with Crippen LogP contribution >= 0.6 is 0 Å². The minimum Gasteiger partial charge on any atom is -0.361 e. The topological polar surface area (TPSA) is 65.6 Å². The number of H-pyrrole nitrogens is 1. The van der Waals surface area contributed by atoms with E-state index in [4.69, 9.17) is 11.0 Å². The van der Waals surface area contributed by atoms with Crippen LogP contribution < -0.4 is 5.73 Å². The number of hydrogen-bond donors (Lipinski definition) is 2. The van der Waals surface area contributed by atoms with Crippen molar-refractivity contribution in [3.8, 4) is 6.07 Å². The van der Waals surface area contributed by atoms with Crippen molar-refractivity contribution in [1.82, 2.24) is 4.98 Å². The van der Waals surface area contributed by atoms with Crippen molar-refractivity contribution in [2.75, 3.05) is 6.54 Å². The van der Waals surface area contributed by atoms with E-state index in [1.54, 1.807) is 0 Å². The summed E-state index contributed by atoms with van der Waals surface area (Å²) in [6.45, 7) is 2.57. The van der Waals surface area contributed by atoms with Gasteiger partial charge < -0.3 is 10.7 Å². The first kappa shape index (κ1) is 9.75. The van der Waals surface area contributed by atoms with Crippen molar-refractivity contribution < 1.29 is 0 Å². The van der Waals surface area contributed by atoms with Crippen molar-refractivity contribution >= 4 is 10.9 Å². The van der Waals surface area contributed by atoms with Gasteiger partial charge in [-0.25, -0.2) is 0 Å². The molecular formula is C12H13N3.